The monoisotopic (exact) mass is 274 g/mol. The first-order chi connectivity index (χ1) is 9.86. The normalized spacial score (nSPS) is 11.3. The second kappa shape index (κ2) is 8.08. The topological polar surface area (TPSA) is 26.2 Å². The molecule has 1 N–H and O–H groups in total. The Hall–Kier alpha value is -1.32. The number of fused-ring (bicyclic) bond motifs is 1. The summed E-state index contributed by atoms with van der Waals surface area (Å²) in [4.78, 5) is 0. The van der Waals surface area contributed by atoms with Gasteiger partial charge in [-0.3, -0.25) is 0 Å². The molecule has 110 valence electrons. The minimum atomic E-state index is 0.757. The van der Waals surface area contributed by atoms with Crippen molar-refractivity contribution in [1.82, 2.24) is 9.88 Å². The summed E-state index contributed by atoms with van der Waals surface area (Å²) >= 11 is 0. The van der Waals surface area contributed by atoms with E-state index in [1.807, 2.05) is 0 Å². The Morgan fingerprint density at radius 3 is 2.90 bits per heavy atom. The SMILES string of the molecule is CCCCCn1ccc2cccc(CNCCOC)c21. The van der Waals surface area contributed by atoms with Gasteiger partial charge in [-0.15, -0.1) is 0 Å². The van der Waals surface area contributed by atoms with E-state index in [9.17, 15) is 0 Å². The second-order valence-electron chi connectivity index (χ2n) is 5.24. The van der Waals surface area contributed by atoms with Crippen molar-refractivity contribution in [3.63, 3.8) is 0 Å². The predicted octanol–water partition coefficient (Wildman–Crippen LogP) is 3.57. The summed E-state index contributed by atoms with van der Waals surface area (Å²) in [7, 11) is 1.74. The van der Waals surface area contributed by atoms with Crippen molar-refractivity contribution in [2.75, 3.05) is 20.3 Å². The van der Waals surface area contributed by atoms with Crippen molar-refractivity contribution in [1.29, 1.82) is 0 Å². The average Bonchev–Trinajstić information content (AvgIpc) is 2.88. The van der Waals surface area contributed by atoms with Gasteiger partial charge in [0, 0.05) is 32.9 Å². The minimum Gasteiger partial charge on any atom is -0.383 e. The first-order valence-electron chi connectivity index (χ1n) is 7.63. The number of hydrogen-bond acceptors (Lipinski definition) is 2. The van der Waals surface area contributed by atoms with Crippen LogP contribution in [0.3, 0.4) is 0 Å². The van der Waals surface area contributed by atoms with Crippen molar-refractivity contribution in [2.45, 2.75) is 39.3 Å². The number of nitrogens with zero attached hydrogens (tertiary/aromatic N) is 1. The van der Waals surface area contributed by atoms with Crippen LogP contribution in [0.4, 0.5) is 0 Å². The minimum absolute atomic E-state index is 0.757. The third kappa shape index (κ3) is 3.84. The maximum atomic E-state index is 5.07. The zero-order chi connectivity index (χ0) is 14.2. The summed E-state index contributed by atoms with van der Waals surface area (Å²) in [6, 6.07) is 8.79. The van der Waals surface area contributed by atoms with E-state index in [2.05, 4.69) is 47.3 Å². The van der Waals surface area contributed by atoms with Crippen molar-refractivity contribution >= 4 is 10.9 Å². The van der Waals surface area contributed by atoms with Gasteiger partial charge in [0.2, 0.25) is 0 Å². The fourth-order valence-electron chi connectivity index (χ4n) is 2.60. The zero-order valence-electron chi connectivity index (χ0n) is 12.7. The molecule has 0 saturated heterocycles. The average molecular weight is 274 g/mol. The predicted molar refractivity (Wildman–Crippen MR) is 85.0 cm³/mol. The van der Waals surface area contributed by atoms with E-state index in [0.717, 1.165) is 26.2 Å². The molecule has 20 heavy (non-hydrogen) atoms. The molecule has 0 bridgehead atoms. The van der Waals surface area contributed by atoms with Gasteiger partial charge in [0.1, 0.15) is 0 Å². The molecule has 0 aliphatic rings. The van der Waals surface area contributed by atoms with E-state index in [0.29, 0.717) is 0 Å². The number of hydrogen-bond donors (Lipinski definition) is 1. The maximum Gasteiger partial charge on any atom is 0.0587 e. The number of unbranched alkanes of at least 4 members (excludes halogenated alkanes) is 2. The first kappa shape index (κ1) is 15.1. The molecular weight excluding hydrogens is 248 g/mol. The van der Waals surface area contributed by atoms with E-state index in [1.165, 1.54) is 35.7 Å². The molecule has 3 heteroatoms. The van der Waals surface area contributed by atoms with Gasteiger partial charge in [-0.05, 0) is 23.4 Å². The van der Waals surface area contributed by atoms with Gasteiger partial charge in [0.15, 0.2) is 0 Å². The molecular formula is C17H26N2O. The number of methoxy groups -OCH3 is 1. The van der Waals surface area contributed by atoms with Crippen LogP contribution in [-0.2, 0) is 17.8 Å². The Balaban J connectivity index is 2.09. The highest BCUT2D eigenvalue weighted by molar-refractivity contribution is 5.83. The smallest absolute Gasteiger partial charge is 0.0587 e. The quantitative estimate of drug-likeness (QED) is 0.708. The fraction of sp³-hybridized carbons (Fsp3) is 0.529. The number of aromatic nitrogens is 1. The number of nitrogens with one attached hydrogen (secondary N) is 1. The van der Waals surface area contributed by atoms with Gasteiger partial charge >= 0.3 is 0 Å². The molecule has 1 heterocycles. The lowest BCUT2D eigenvalue weighted by atomic mass is 10.1. The summed E-state index contributed by atoms with van der Waals surface area (Å²) < 4.78 is 7.47. The van der Waals surface area contributed by atoms with Gasteiger partial charge in [0.05, 0.1) is 12.1 Å². The molecule has 0 aliphatic carbocycles. The van der Waals surface area contributed by atoms with Crippen molar-refractivity contribution in [3.05, 3.63) is 36.0 Å². The molecule has 0 spiro atoms. The molecule has 3 nitrogen and oxygen atoms in total. The molecule has 0 atom stereocenters. The summed E-state index contributed by atoms with van der Waals surface area (Å²) in [6.07, 6.45) is 6.04. The number of aryl methyl sites for hydroxylation is 1. The van der Waals surface area contributed by atoms with E-state index in [4.69, 9.17) is 4.74 Å². The van der Waals surface area contributed by atoms with Crippen LogP contribution in [-0.4, -0.2) is 24.8 Å². The maximum absolute atomic E-state index is 5.07. The van der Waals surface area contributed by atoms with Gasteiger partial charge in [-0.2, -0.15) is 0 Å². The van der Waals surface area contributed by atoms with Crippen LogP contribution >= 0.6 is 0 Å². The molecule has 0 aliphatic heterocycles. The summed E-state index contributed by atoms with van der Waals surface area (Å²) in [5, 5.41) is 4.78. The highest BCUT2D eigenvalue weighted by Gasteiger charge is 2.06. The largest absolute Gasteiger partial charge is 0.383 e. The Kier molecular flexibility index (Phi) is 6.09. The lowest BCUT2D eigenvalue weighted by Gasteiger charge is -2.10. The standard InChI is InChI=1S/C17H26N2O/c1-3-4-5-11-19-12-9-15-7-6-8-16(17(15)19)14-18-10-13-20-2/h6-9,12,18H,3-5,10-11,13-14H2,1-2H3. The Bertz CT molecular complexity index is 519. The van der Waals surface area contributed by atoms with Crippen LogP contribution in [0.5, 0.6) is 0 Å². The number of para-hydroxylation sites is 1. The summed E-state index contributed by atoms with van der Waals surface area (Å²) in [5.74, 6) is 0. The summed E-state index contributed by atoms with van der Waals surface area (Å²) in [5.41, 5.74) is 2.76. The van der Waals surface area contributed by atoms with Crippen molar-refractivity contribution in [2.24, 2.45) is 0 Å². The highest BCUT2D eigenvalue weighted by Crippen LogP contribution is 2.21. The lowest BCUT2D eigenvalue weighted by Crippen LogP contribution is -2.19. The summed E-state index contributed by atoms with van der Waals surface area (Å²) in [6.45, 7) is 5.92. The van der Waals surface area contributed by atoms with Crippen LogP contribution in [0.15, 0.2) is 30.5 Å². The Morgan fingerprint density at radius 1 is 1.20 bits per heavy atom. The van der Waals surface area contributed by atoms with E-state index in [-0.39, 0.29) is 0 Å². The van der Waals surface area contributed by atoms with Crippen LogP contribution in [0.25, 0.3) is 10.9 Å². The van der Waals surface area contributed by atoms with Gasteiger partial charge in [0.25, 0.3) is 0 Å². The number of benzene rings is 1. The molecule has 0 fully saturated rings. The van der Waals surface area contributed by atoms with Crippen molar-refractivity contribution in [3.8, 4) is 0 Å². The molecule has 0 saturated carbocycles. The fourth-order valence-corrected chi connectivity index (χ4v) is 2.60. The second-order valence-corrected chi connectivity index (χ2v) is 5.24. The molecule has 1 aromatic heterocycles. The number of rotatable bonds is 9. The van der Waals surface area contributed by atoms with Crippen LogP contribution in [0.2, 0.25) is 0 Å². The molecule has 0 amide bonds. The molecule has 2 rings (SSSR count). The van der Waals surface area contributed by atoms with Gasteiger partial charge in [-0.25, -0.2) is 0 Å². The molecule has 0 unspecified atom stereocenters. The van der Waals surface area contributed by atoms with E-state index in [1.54, 1.807) is 7.11 Å². The van der Waals surface area contributed by atoms with Crippen LogP contribution in [0, 0.1) is 0 Å². The van der Waals surface area contributed by atoms with Crippen LogP contribution < -0.4 is 5.32 Å². The van der Waals surface area contributed by atoms with Crippen LogP contribution in [0.1, 0.15) is 31.7 Å². The molecule has 0 radical (unpaired) electrons. The van der Waals surface area contributed by atoms with Crippen molar-refractivity contribution < 1.29 is 4.74 Å². The Labute approximate surface area is 121 Å². The third-order valence-electron chi connectivity index (χ3n) is 3.67. The van der Waals surface area contributed by atoms with E-state index < -0.39 is 0 Å². The molecule has 1 aromatic carbocycles. The third-order valence-corrected chi connectivity index (χ3v) is 3.67. The van der Waals surface area contributed by atoms with Gasteiger partial charge < -0.3 is 14.6 Å². The molecule has 2 aromatic rings. The Morgan fingerprint density at radius 2 is 2.10 bits per heavy atom. The van der Waals surface area contributed by atoms with Gasteiger partial charge in [-0.1, -0.05) is 38.0 Å². The highest BCUT2D eigenvalue weighted by atomic mass is 16.5. The first-order valence-corrected chi connectivity index (χ1v) is 7.63. The lowest BCUT2D eigenvalue weighted by molar-refractivity contribution is 0.199. The number of ether oxygens (including phenoxy) is 1. The van der Waals surface area contributed by atoms with E-state index >= 15 is 0 Å². The zero-order valence-corrected chi connectivity index (χ0v) is 12.7.